The number of unbranched alkanes of at least 4 members (excludes halogenated alkanes) is 8. The SMILES string of the molecule is C=CCCCCCCCCCC[C@@H](O)COS(=O)(=O)c1ccc(C)cc1. The van der Waals surface area contributed by atoms with Crippen molar-refractivity contribution in [2.75, 3.05) is 6.61 Å². The molecule has 0 spiro atoms. The van der Waals surface area contributed by atoms with Crippen molar-refractivity contribution < 1.29 is 17.7 Å². The number of benzene rings is 1. The molecule has 0 bridgehead atoms. The van der Waals surface area contributed by atoms with Crippen LogP contribution < -0.4 is 0 Å². The van der Waals surface area contributed by atoms with E-state index >= 15 is 0 Å². The van der Waals surface area contributed by atoms with E-state index in [1.54, 1.807) is 12.1 Å². The highest BCUT2D eigenvalue weighted by molar-refractivity contribution is 7.86. The minimum Gasteiger partial charge on any atom is -0.391 e. The molecule has 1 rings (SSSR count). The highest BCUT2D eigenvalue weighted by Crippen LogP contribution is 2.15. The molecule has 0 radical (unpaired) electrons. The molecule has 0 aliphatic heterocycles. The third kappa shape index (κ3) is 10.1. The molecular formula is C21H34O4S. The van der Waals surface area contributed by atoms with Crippen LogP contribution >= 0.6 is 0 Å². The van der Waals surface area contributed by atoms with Gasteiger partial charge in [0.25, 0.3) is 10.1 Å². The van der Waals surface area contributed by atoms with E-state index in [-0.39, 0.29) is 11.5 Å². The highest BCUT2D eigenvalue weighted by Gasteiger charge is 2.17. The maximum Gasteiger partial charge on any atom is 0.297 e. The van der Waals surface area contributed by atoms with Crippen LogP contribution in [-0.4, -0.2) is 26.2 Å². The van der Waals surface area contributed by atoms with Gasteiger partial charge in [0.2, 0.25) is 0 Å². The Morgan fingerprint density at radius 2 is 1.54 bits per heavy atom. The highest BCUT2D eigenvalue weighted by atomic mass is 32.2. The Kier molecular flexibility index (Phi) is 11.5. The second-order valence-electron chi connectivity index (χ2n) is 6.90. The van der Waals surface area contributed by atoms with Crippen LogP contribution in [0.5, 0.6) is 0 Å². The molecule has 0 unspecified atom stereocenters. The maximum atomic E-state index is 12.1. The van der Waals surface area contributed by atoms with E-state index in [9.17, 15) is 13.5 Å². The van der Waals surface area contributed by atoms with Gasteiger partial charge in [-0.3, -0.25) is 4.18 Å². The van der Waals surface area contributed by atoms with Crippen molar-refractivity contribution in [2.24, 2.45) is 0 Å². The van der Waals surface area contributed by atoms with Crippen molar-refractivity contribution in [3.05, 3.63) is 42.5 Å². The number of aliphatic hydroxyl groups excluding tert-OH is 1. The summed E-state index contributed by atoms with van der Waals surface area (Å²) in [4.78, 5) is 0.128. The molecule has 0 heterocycles. The summed E-state index contributed by atoms with van der Waals surface area (Å²) in [6.45, 7) is 5.44. The van der Waals surface area contributed by atoms with Gasteiger partial charge in [-0.1, -0.05) is 68.7 Å². The molecule has 0 fully saturated rings. The quantitative estimate of drug-likeness (QED) is 0.259. The van der Waals surface area contributed by atoms with Gasteiger partial charge in [0.05, 0.1) is 17.6 Å². The Labute approximate surface area is 159 Å². The van der Waals surface area contributed by atoms with E-state index < -0.39 is 16.2 Å². The van der Waals surface area contributed by atoms with Gasteiger partial charge in [0.1, 0.15) is 0 Å². The van der Waals surface area contributed by atoms with Gasteiger partial charge in [-0.25, -0.2) is 0 Å². The topological polar surface area (TPSA) is 63.6 Å². The predicted molar refractivity (Wildman–Crippen MR) is 107 cm³/mol. The number of hydrogen-bond acceptors (Lipinski definition) is 4. The van der Waals surface area contributed by atoms with Gasteiger partial charge in [-0.2, -0.15) is 8.42 Å². The fraction of sp³-hybridized carbons (Fsp3) is 0.619. The molecule has 0 aliphatic rings. The molecule has 0 amide bonds. The van der Waals surface area contributed by atoms with Crippen molar-refractivity contribution >= 4 is 10.1 Å². The van der Waals surface area contributed by atoms with Gasteiger partial charge in [-0.15, -0.1) is 6.58 Å². The Hall–Kier alpha value is -1.17. The van der Waals surface area contributed by atoms with Gasteiger partial charge in [-0.05, 0) is 38.3 Å². The van der Waals surface area contributed by atoms with Gasteiger partial charge in [0.15, 0.2) is 0 Å². The third-order valence-corrected chi connectivity index (χ3v) is 5.72. The van der Waals surface area contributed by atoms with Crippen LogP contribution in [0.2, 0.25) is 0 Å². The van der Waals surface area contributed by atoms with E-state index in [2.05, 4.69) is 6.58 Å². The van der Waals surface area contributed by atoms with Gasteiger partial charge in [0, 0.05) is 0 Å². The number of aryl methyl sites for hydroxylation is 1. The second kappa shape index (κ2) is 13.1. The number of allylic oxidation sites excluding steroid dienone is 1. The van der Waals surface area contributed by atoms with Crippen molar-refractivity contribution in [3.8, 4) is 0 Å². The first-order valence-corrected chi connectivity index (χ1v) is 11.1. The molecule has 1 aromatic rings. The summed E-state index contributed by atoms with van der Waals surface area (Å²) in [6.07, 6.45) is 12.3. The summed E-state index contributed by atoms with van der Waals surface area (Å²) in [5, 5.41) is 9.93. The summed E-state index contributed by atoms with van der Waals surface area (Å²) in [5.74, 6) is 0. The molecule has 4 nitrogen and oxygen atoms in total. The molecule has 26 heavy (non-hydrogen) atoms. The zero-order valence-electron chi connectivity index (χ0n) is 16.0. The van der Waals surface area contributed by atoms with Crippen LogP contribution in [0.3, 0.4) is 0 Å². The van der Waals surface area contributed by atoms with Crippen molar-refractivity contribution in [1.29, 1.82) is 0 Å². The van der Waals surface area contributed by atoms with E-state index in [1.807, 2.05) is 13.0 Å². The van der Waals surface area contributed by atoms with Gasteiger partial charge >= 0.3 is 0 Å². The molecule has 1 aromatic carbocycles. The van der Waals surface area contributed by atoms with Crippen LogP contribution in [-0.2, 0) is 14.3 Å². The van der Waals surface area contributed by atoms with Crippen molar-refractivity contribution in [1.82, 2.24) is 0 Å². The number of aliphatic hydroxyl groups is 1. The minimum absolute atomic E-state index is 0.128. The predicted octanol–water partition coefficient (Wildman–Crippen LogP) is 5.15. The van der Waals surface area contributed by atoms with E-state index in [1.165, 1.54) is 44.2 Å². The summed E-state index contributed by atoms with van der Waals surface area (Å²) in [7, 11) is -3.79. The lowest BCUT2D eigenvalue weighted by molar-refractivity contribution is 0.100. The smallest absolute Gasteiger partial charge is 0.297 e. The number of rotatable bonds is 15. The lowest BCUT2D eigenvalue weighted by atomic mass is 10.1. The van der Waals surface area contributed by atoms with Crippen molar-refractivity contribution in [3.63, 3.8) is 0 Å². The molecule has 1 N–H and O–H groups in total. The van der Waals surface area contributed by atoms with Gasteiger partial charge < -0.3 is 5.11 Å². The zero-order valence-corrected chi connectivity index (χ0v) is 16.8. The Morgan fingerprint density at radius 3 is 2.12 bits per heavy atom. The summed E-state index contributed by atoms with van der Waals surface area (Å²) in [6, 6.07) is 6.50. The molecule has 0 saturated heterocycles. The third-order valence-electron chi connectivity index (χ3n) is 4.42. The Morgan fingerprint density at radius 1 is 1.00 bits per heavy atom. The minimum atomic E-state index is -3.79. The number of hydrogen-bond donors (Lipinski definition) is 1. The fourth-order valence-corrected chi connectivity index (χ4v) is 3.70. The van der Waals surface area contributed by atoms with Crippen LogP contribution in [0.15, 0.2) is 41.8 Å². The van der Waals surface area contributed by atoms with E-state index in [0.29, 0.717) is 6.42 Å². The van der Waals surface area contributed by atoms with Crippen LogP contribution in [0.4, 0.5) is 0 Å². The summed E-state index contributed by atoms with van der Waals surface area (Å²) < 4.78 is 29.1. The molecule has 5 heteroatoms. The summed E-state index contributed by atoms with van der Waals surface area (Å²) >= 11 is 0. The first-order chi connectivity index (χ1) is 12.5. The normalized spacial score (nSPS) is 12.8. The lowest BCUT2D eigenvalue weighted by Gasteiger charge is -2.11. The van der Waals surface area contributed by atoms with Crippen LogP contribution in [0.1, 0.15) is 69.8 Å². The standard InChI is InChI=1S/C21H34O4S/c1-3-4-5-6-7-8-9-10-11-12-13-20(22)18-25-26(23,24)21-16-14-19(2)15-17-21/h3,14-17,20,22H,1,4-13,18H2,2H3/t20-/m1/s1. The summed E-state index contributed by atoms with van der Waals surface area (Å²) in [5.41, 5.74) is 0.987. The largest absolute Gasteiger partial charge is 0.391 e. The molecule has 0 aliphatic carbocycles. The molecular weight excluding hydrogens is 348 g/mol. The monoisotopic (exact) mass is 382 g/mol. The average molecular weight is 383 g/mol. The van der Waals surface area contributed by atoms with Crippen LogP contribution in [0, 0.1) is 6.92 Å². The van der Waals surface area contributed by atoms with E-state index in [0.717, 1.165) is 31.2 Å². The molecule has 0 aromatic heterocycles. The lowest BCUT2D eigenvalue weighted by Crippen LogP contribution is -2.19. The van der Waals surface area contributed by atoms with Crippen molar-refractivity contribution in [2.45, 2.75) is 82.1 Å². The fourth-order valence-electron chi connectivity index (χ4n) is 2.75. The Bertz CT molecular complexity index is 593. The average Bonchev–Trinajstić information content (AvgIpc) is 2.62. The second-order valence-corrected chi connectivity index (χ2v) is 8.52. The first kappa shape index (κ1) is 22.9. The first-order valence-electron chi connectivity index (χ1n) is 9.71. The Balaban J connectivity index is 2.08. The van der Waals surface area contributed by atoms with Crippen LogP contribution in [0.25, 0.3) is 0 Å². The maximum absolute atomic E-state index is 12.1. The molecule has 0 saturated carbocycles. The molecule has 148 valence electrons. The molecule has 1 atom stereocenters. The van der Waals surface area contributed by atoms with E-state index in [4.69, 9.17) is 4.18 Å². The zero-order chi connectivity index (χ0) is 19.3.